The van der Waals surface area contributed by atoms with Crippen LogP contribution in [0, 0.1) is 6.92 Å². The number of carbonyl (C=O) groups is 2. The van der Waals surface area contributed by atoms with Crippen molar-refractivity contribution in [2.75, 3.05) is 5.32 Å². The molecule has 0 aliphatic rings. The monoisotopic (exact) mass is 383 g/mol. The fourth-order valence-corrected chi connectivity index (χ4v) is 2.46. The highest BCUT2D eigenvalue weighted by Gasteiger charge is 2.06. The minimum Gasteiger partial charge on any atom is -0.444 e. The van der Waals surface area contributed by atoms with Gasteiger partial charge >= 0.3 is 6.09 Å². The molecule has 7 nitrogen and oxygen atoms in total. The smallest absolute Gasteiger partial charge is 0.411 e. The summed E-state index contributed by atoms with van der Waals surface area (Å²) in [5, 5.41) is 9.06. The van der Waals surface area contributed by atoms with Crippen molar-refractivity contribution in [2.24, 2.45) is 0 Å². The van der Waals surface area contributed by atoms with Gasteiger partial charge in [0.15, 0.2) is 0 Å². The number of anilines is 1. The van der Waals surface area contributed by atoms with Crippen LogP contribution < -0.4 is 10.6 Å². The van der Waals surface area contributed by atoms with Gasteiger partial charge in [-0.1, -0.05) is 47.1 Å². The van der Waals surface area contributed by atoms with Crippen molar-refractivity contribution in [2.45, 2.75) is 26.5 Å². The highest BCUT2D eigenvalue weighted by atomic mass is 16.5. The van der Waals surface area contributed by atoms with Gasteiger partial charge in [0.2, 0.25) is 5.91 Å². The Balaban J connectivity index is 0.00000225. The molecule has 0 spiro atoms. The Labute approximate surface area is 165 Å². The second-order valence-electron chi connectivity index (χ2n) is 6.37. The van der Waals surface area contributed by atoms with Gasteiger partial charge in [0, 0.05) is 20.6 Å². The number of carbonyl (C=O) groups excluding carboxylic acids is 2. The van der Waals surface area contributed by atoms with Crippen molar-refractivity contribution in [3.8, 4) is 0 Å². The standard InChI is InChI=1S/C21H21N3O4.2H2/c1-15-2-4-17(5-3-15)13-27-21(26)24-19-8-6-16(7-9-19)11-22-20(25)10-18-12-23-28-14-18;;/h2-9,12,14H,10-11,13H2,1H3,(H,22,25)(H,24,26);2*1H. The summed E-state index contributed by atoms with van der Waals surface area (Å²) in [7, 11) is 0. The Morgan fingerprint density at radius 2 is 1.75 bits per heavy atom. The van der Waals surface area contributed by atoms with Crippen LogP contribution in [0.5, 0.6) is 0 Å². The van der Waals surface area contributed by atoms with Crippen molar-refractivity contribution in [3.05, 3.63) is 83.2 Å². The third-order valence-electron chi connectivity index (χ3n) is 4.03. The molecule has 1 heterocycles. The summed E-state index contributed by atoms with van der Waals surface area (Å²) in [4.78, 5) is 23.8. The topological polar surface area (TPSA) is 93.5 Å². The van der Waals surface area contributed by atoms with Crippen LogP contribution in [-0.2, 0) is 29.1 Å². The molecule has 2 aromatic carbocycles. The van der Waals surface area contributed by atoms with E-state index in [0.29, 0.717) is 12.2 Å². The molecule has 2 N–H and O–H groups in total. The third kappa shape index (κ3) is 5.98. The van der Waals surface area contributed by atoms with Crippen LogP contribution in [0.2, 0.25) is 0 Å². The number of nitrogens with zero attached hydrogens (tertiary/aromatic N) is 1. The molecule has 0 saturated heterocycles. The number of nitrogens with one attached hydrogen (secondary N) is 2. The van der Waals surface area contributed by atoms with Crippen LogP contribution in [0.25, 0.3) is 0 Å². The molecule has 7 heteroatoms. The second-order valence-corrected chi connectivity index (χ2v) is 6.37. The summed E-state index contributed by atoms with van der Waals surface area (Å²) in [6.07, 6.45) is 2.65. The first-order chi connectivity index (χ1) is 13.6. The molecule has 3 rings (SSSR count). The Kier molecular flexibility index (Phi) is 6.41. The number of rotatable bonds is 7. The van der Waals surface area contributed by atoms with E-state index in [1.54, 1.807) is 12.1 Å². The van der Waals surface area contributed by atoms with E-state index < -0.39 is 6.09 Å². The van der Waals surface area contributed by atoms with Crippen LogP contribution in [0.1, 0.15) is 25.1 Å². The van der Waals surface area contributed by atoms with Crippen molar-refractivity contribution < 1.29 is 21.7 Å². The number of hydrogen-bond donors (Lipinski definition) is 2. The highest BCUT2D eigenvalue weighted by molar-refractivity contribution is 5.84. The molecule has 0 saturated carbocycles. The fourth-order valence-electron chi connectivity index (χ4n) is 2.46. The SMILES string of the molecule is Cc1ccc(COC(=O)Nc2ccc(CNC(=O)Cc3cnoc3)cc2)cc1.[HH].[HH]. The molecular formula is C21H25N3O4. The third-order valence-corrected chi connectivity index (χ3v) is 4.03. The van der Waals surface area contributed by atoms with Crippen molar-refractivity contribution in [1.29, 1.82) is 0 Å². The summed E-state index contributed by atoms with van der Waals surface area (Å²) in [5.41, 5.74) is 4.34. The first-order valence-electron chi connectivity index (χ1n) is 8.82. The first-order valence-corrected chi connectivity index (χ1v) is 8.82. The molecule has 2 amide bonds. The van der Waals surface area contributed by atoms with Crippen LogP contribution in [-0.4, -0.2) is 17.2 Å². The van der Waals surface area contributed by atoms with Gasteiger partial charge in [-0.2, -0.15) is 0 Å². The van der Waals surface area contributed by atoms with E-state index in [1.165, 1.54) is 12.5 Å². The lowest BCUT2D eigenvalue weighted by Gasteiger charge is -2.09. The van der Waals surface area contributed by atoms with Crippen LogP contribution in [0.3, 0.4) is 0 Å². The first kappa shape index (κ1) is 19.2. The molecule has 28 heavy (non-hydrogen) atoms. The van der Waals surface area contributed by atoms with Gasteiger partial charge in [-0.3, -0.25) is 10.1 Å². The molecular weight excluding hydrogens is 358 g/mol. The number of ether oxygens (including phenoxy) is 1. The van der Waals surface area contributed by atoms with E-state index in [-0.39, 0.29) is 21.8 Å². The molecule has 148 valence electrons. The summed E-state index contributed by atoms with van der Waals surface area (Å²) in [6.45, 7) is 2.61. The highest BCUT2D eigenvalue weighted by Crippen LogP contribution is 2.11. The van der Waals surface area contributed by atoms with Crippen LogP contribution >= 0.6 is 0 Å². The van der Waals surface area contributed by atoms with Gasteiger partial charge in [-0.25, -0.2) is 4.79 Å². The summed E-state index contributed by atoms with van der Waals surface area (Å²) in [6, 6.07) is 15.0. The molecule has 0 aliphatic heterocycles. The largest absolute Gasteiger partial charge is 0.444 e. The van der Waals surface area contributed by atoms with Gasteiger partial charge in [0.25, 0.3) is 0 Å². The van der Waals surface area contributed by atoms with Crippen molar-refractivity contribution in [3.63, 3.8) is 0 Å². The molecule has 0 bridgehead atoms. The van der Waals surface area contributed by atoms with Crippen LogP contribution in [0.15, 0.2) is 65.5 Å². The van der Waals surface area contributed by atoms with E-state index in [4.69, 9.17) is 9.26 Å². The number of aryl methyl sites for hydroxylation is 1. The van der Waals surface area contributed by atoms with Gasteiger partial charge in [-0.05, 0) is 30.2 Å². The minimum absolute atomic E-state index is 0. The van der Waals surface area contributed by atoms with E-state index in [9.17, 15) is 9.59 Å². The molecule has 0 fully saturated rings. The molecule has 1 aromatic heterocycles. The Hall–Kier alpha value is -3.61. The maximum absolute atomic E-state index is 11.9. The maximum Gasteiger partial charge on any atom is 0.411 e. The number of hydrogen-bond acceptors (Lipinski definition) is 5. The average molecular weight is 383 g/mol. The Morgan fingerprint density at radius 3 is 2.43 bits per heavy atom. The lowest BCUT2D eigenvalue weighted by molar-refractivity contribution is -0.120. The zero-order chi connectivity index (χ0) is 19.8. The fraction of sp³-hybridized carbons (Fsp3) is 0.190. The van der Waals surface area contributed by atoms with Gasteiger partial charge in [0.1, 0.15) is 12.9 Å². The second kappa shape index (κ2) is 9.36. The summed E-state index contributed by atoms with van der Waals surface area (Å²) in [5.74, 6) is -0.120. The summed E-state index contributed by atoms with van der Waals surface area (Å²) >= 11 is 0. The molecule has 0 atom stereocenters. The van der Waals surface area contributed by atoms with E-state index in [2.05, 4.69) is 15.8 Å². The van der Waals surface area contributed by atoms with E-state index in [0.717, 1.165) is 22.3 Å². The van der Waals surface area contributed by atoms with Gasteiger partial charge in [-0.15, -0.1) is 0 Å². The van der Waals surface area contributed by atoms with Gasteiger partial charge in [0.05, 0.1) is 12.6 Å². The average Bonchev–Trinajstić information content (AvgIpc) is 3.20. The number of amides is 2. The molecule has 0 aliphatic carbocycles. The molecule has 0 radical (unpaired) electrons. The molecule has 0 unspecified atom stereocenters. The lowest BCUT2D eigenvalue weighted by atomic mass is 10.2. The number of benzene rings is 2. The van der Waals surface area contributed by atoms with E-state index >= 15 is 0 Å². The Bertz CT molecular complexity index is 914. The molecule has 3 aromatic rings. The predicted octanol–water partition coefficient (Wildman–Crippen LogP) is 4.08. The van der Waals surface area contributed by atoms with E-state index in [1.807, 2.05) is 43.3 Å². The van der Waals surface area contributed by atoms with Crippen LogP contribution in [0.4, 0.5) is 10.5 Å². The van der Waals surface area contributed by atoms with Crippen molar-refractivity contribution >= 4 is 17.7 Å². The zero-order valence-electron chi connectivity index (χ0n) is 15.5. The van der Waals surface area contributed by atoms with Gasteiger partial charge < -0.3 is 14.6 Å². The minimum atomic E-state index is -0.518. The zero-order valence-corrected chi connectivity index (χ0v) is 15.5. The lowest BCUT2D eigenvalue weighted by Crippen LogP contribution is -2.24. The Morgan fingerprint density at radius 1 is 1.04 bits per heavy atom. The maximum atomic E-state index is 11.9. The summed E-state index contributed by atoms with van der Waals surface area (Å²) < 4.78 is 9.91. The number of aromatic nitrogens is 1. The quantitative estimate of drug-likeness (QED) is 0.641. The predicted molar refractivity (Wildman–Crippen MR) is 108 cm³/mol. The normalized spacial score (nSPS) is 10.3. The van der Waals surface area contributed by atoms with Crippen molar-refractivity contribution in [1.82, 2.24) is 10.5 Å².